The van der Waals surface area contributed by atoms with Gasteiger partial charge in [-0.05, 0) is 6.07 Å². The van der Waals surface area contributed by atoms with Gasteiger partial charge in [0, 0.05) is 18.4 Å². The maximum Gasteiger partial charge on any atom is 0.267 e. The Hall–Kier alpha value is -2.04. The predicted molar refractivity (Wildman–Crippen MR) is 73.5 cm³/mol. The molecule has 2 aromatic rings. The molecule has 4 rings (SSSR count). The minimum Gasteiger partial charge on any atom is -0.239 e. The maximum absolute atomic E-state index is 14.2. The zero-order chi connectivity index (χ0) is 18.1. The van der Waals surface area contributed by atoms with Crippen molar-refractivity contribution in [2.45, 2.75) is 41.4 Å². The van der Waals surface area contributed by atoms with Gasteiger partial charge in [0.05, 0.1) is 6.04 Å². The van der Waals surface area contributed by atoms with Crippen molar-refractivity contribution in [3.63, 3.8) is 0 Å². The number of fused-ring (bicyclic) bond motifs is 1. The van der Waals surface area contributed by atoms with Gasteiger partial charge in [0.1, 0.15) is 5.25 Å². The predicted octanol–water partition coefficient (Wildman–Crippen LogP) is 2.74. The molecule has 0 saturated heterocycles. The van der Waals surface area contributed by atoms with Crippen LogP contribution in [-0.2, 0) is 9.84 Å². The number of nitrogens with zero attached hydrogens (tertiary/aromatic N) is 3. The molecule has 1 fully saturated rings. The van der Waals surface area contributed by atoms with E-state index in [1.54, 1.807) is 0 Å². The first-order valence-electron chi connectivity index (χ1n) is 7.29. The maximum atomic E-state index is 14.2. The highest BCUT2D eigenvalue weighted by molar-refractivity contribution is 7.92. The second kappa shape index (κ2) is 4.99. The molecule has 0 radical (unpaired) electrons. The Morgan fingerprint density at radius 2 is 1.92 bits per heavy atom. The number of hydrogen-bond acceptors (Lipinski definition) is 4. The van der Waals surface area contributed by atoms with E-state index in [-0.39, 0.29) is 12.0 Å². The van der Waals surface area contributed by atoms with E-state index in [2.05, 4.69) is 10.1 Å². The van der Waals surface area contributed by atoms with Gasteiger partial charge in [-0.15, -0.1) is 5.10 Å². The molecule has 1 aromatic heterocycles. The van der Waals surface area contributed by atoms with Crippen molar-refractivity contribution in [1.29, 1.82) is 0 Å². The molecule has 134 valence electrons. The molecule has 2 heterocycles. The van der Waals surface area contributed by atoms with Crippen LogP contribution in [0.2, 0.25) is 0 Å². The number of hydrogen-bond donors (Lipinski definition) is 0. The largest absolute Gasteiger partial charge is 0.267 e. The molecule has 1 saturated carbocycles. The average Bonchev–Trinajstić information content (AvgIpc) is 2.90. The van der Waals surface area contributed by atoms with Crippen molar-refractivity contribution in [3.8, 4) is 0 Å². The van der Waals surface area contributed by atoms with Crippen LogP contribution >= 0.6 is 0 Å². The lowest BCUT2D eigenvalue weighted by Gasteiger charge is -2.13. The lowest BCUT2D eigenvalue weighted by molar-refractivity contribution is 0.121. The van der Waals surface area contributed by atoms with Crippen LogP contribution in [0.1, 0.15) is 36.4 Å². The first-order chi connectivity index (χ1) is 11.6. The Morgan fingerprint density at radius 1 is 1.24 bits per heavy atom. The lowest BCUT2D eigenvalue weighted by atomic mass is 10.0. The zero-order valence-corrected chi connectivity index (χ0v) is 13.2. The van der Waals surface area contributed by atoms with Crippen molar-refractivity contribution in [3.05, 3.63) is 41.2 Å². The molecule has 11 heteroatoms. The van der Waals surface area contributed by atoms with Crippen LogP contribution in [0.15, 0.2) is 23.4 Å². The fourth-order valence-electron chi connectivity index (χ4n) is 2.97. The minimum atomic E-state index is -4.53. The van der Waals surface area contributed by atoms with Gasteiger partial charge >= 0.3 is 0 Å². The number of rotatable bonds is 3. The molecular weight excluding hydrogens is 369 g/mol. The smallest absolute Gasteiger partial charge is 0.239 e. The molecule has 0 spiro atoms. The van der Waals surface area contributed by atoms with Gasteiger partial charge in [-0.3, -0.25) is 0 Å². The van der Waals surface area contributed by atoms with Crippen LogP contribution in [0.5, 0.6) is 0 Å². The molecule has 0 amide bonds. The molecule has 1 aliphatic carbocycles. The van der Waals surface area contributed by atoms with E-state index < -0.39 is 62.3 Å². The molecule has 1 aromatic carbocycles. The van der Waals surface area contributed by atoms with E-state index >= 15 is 0 Å². The van der Waals surface area contributed by atoms with Crippen molar-refractivity contribution in [2.75, 3.05) is 0 Å². The molecule has 3 atom stereocenters. The highest BCUT2D eigenvalue weighted by atomic mass is 32.2. The van der Waals surface area contributed by atoms with E-state index in [1.807, 2.05) is 0 Å². The van der Waals surface area contributed by atoms with Gasteiger partial charge in [0.25, 0.3) is 11.1 Å². The van der Waals surface area contributed by atoms with Gasteiger partial charge in [-0.1, -0.05) is 12.1 Å². The average molecular weight is 379 g/mol. The van der Waals surface area contributed by atoms with E-state index in [4.69, 9.17) is 0 Å². The molecule has 0 N–H and O–H groups in total. The van der Waals surface area contributed by atoms with Crippen LogP contribution in [-0.4, -0.2) is 34.4 Å². The monoisotopic (exact) mass is 379 g/mol. The molecule has 1 aliphatic heterocycles. The summed E-state index contributed by atoms with van der Waals surface area (Å²) in [7, 11) is -4.53. The van der Waals surface area contributed by atoms with Gasteiger partial charge < -0.3 is 0 Å². The van der Waals surface area contributed by atoms with Crippen molar-refractivity contribution >= 4 is 9.84 Å². The fraction of sp³-hybridized carbons (Fsp3) is 0.429. The van der Waals surface area contributed by atoms with Crippen LogP contribution < -0.4 is 0 Å². The normalized spacial score (nSPS) is 27.3. The van der Waals surface area contributed by atoms with Crippen LogP contribution in [0.4, 0.5) is 22.0 Å². The number of halogens is 5. The summed E-state index contributed by atoms with van der Waals surface area (Å²) >= 11 is 0. The van der Waals surface area contributed by atoms with Crippen molar-refractivity contribution in [2.24, 2.45) is 0 Å². The zero-order valence-electron chi connectivity index (χ0n) is 12.3. The topological polar surface area (TPSA) is 64.8 Å². The van der Waals surface area contributed by atoms with Crippen molar-refractivity contribution < 1.29 is 30.4 Å². The third kappa shape index (κ3) is 2.35. The summed E-state index contributed by atoms with van der Waals surface area (Å²) in [5.41, 5.74) is -0.216. The summed E-state index contributed by atoms with van der Waals surface area (Å²) in [5, 5.41) is 0.762. The molecule has 5 nitrogen and oxygen atoms in total. The molecular formula is C14H10F5N3O2S. The van der Waals surface area contributed by atoms with Crippen LogP contribution in [0.3, 0.4) is 0 Å². The van der Waals surface area contributed by atoms with E-state index in [9.17, 15) is 30.4 Å². The molecule has 0 unspecified atom stereocenters. The Labute approximate surface area is 138 Å². The number of aromatic nitrogens is 3. The molecule has 25 heavy (non-hydrogen) atoms. The number of sulfone groups is 1. The number of benzene rings is 1. The second-order valence-corrected chi connectivity index (χ2v) is 8.08. The third-order valence-corrected chi connectivity index (χ3v) is 6.32. The Balaban J connectivity index is 1.77. The molecule has 0 bridgehead atoms. The minimum absolute atomic E-state index is 0.216. The van der Waals surface area contributed by atoms with Crippen molar-refractivity contribution in [1.82, 2.24) is 14.8 Å². The van der Waals surface area contributed by atoms with Gasteiger partial charge in [0.2, 0.25) is 9.84 Å². The summed E-state index contributed by atoms with van der Waals surface area (Å²) in [6.07, 6.45) is -2.93. The Kier molecular flexibility index (Phi) is 3.28. The summed E-state index contributed by atoms with van der Waals surface area (Å²) in [6.45, 7) is 0. The molecule has 2 aliphatic rings. The first-order valence-corrected chi connectivity index (χ1v) is 8.83. The van der Waals surface area contributed by atoms with E-state index in [1.165, 1.54) is 12.1 Å². The lowest BCUT2D eigenvalue weighted by Crippen LogP contribution is -2.17. The van der Waals surface area contributed by atoms with Gasteiger partial charge in [-0.2, -0.15) is 4.98 Å². The second-order valence-electron chi connectivity index (χ2n) is 6.06. The first kappa shape index (κ1) is 16.4. The van der Waals surface area contributed by atoms with Gasteiger partial charge in [-0.25, -0.2) is 35.1 Å². The SMILES string of the molecule is O=S(=O)(c1nc2n(n1)[C@H](c1cccc(F)c1F)C[C@@H]2F)[C@@H]1CC1(F)F. The summed E-state index contributed by atoms with van der Waals surface area (Å²) in [5.74, 6) is -6.12. The summed E-state index contributed by atoms with van der Waals surface area (Å²) in [6, 6.07) is 2.21. The van der Waals surface area contributed by atoms with E-state index in [0.29, 0.717) is 0 Å². The van der Waals surface area contributed by atoms with Crippen LogP contribution in [0, 0.1) is 11.6 Å². The van der Waals surface area contributed by atoms with E-state index in [0.717, 1.165) is 10.7 Å². The fourth-order valence-corrected chi connectivity index (χ4v) is 4.54. The van der Waals surface area contributed by atoms with Gasteiger partial charge in [0.15, 0.2) is 23.6 Å². The Bertz CT molecular complexity index is 975. The quantitative estimate of drug-likeness (QED) is 0.770. The number of alkyl halides is 3. The standard InChI is InChI=1S/C14H10F5N3O2S/c15-7-3-1-2-6(11(7)17)9-4-8(16)12-20-13(21-22(9)12)25(23,24)10-5-14(10,18)19/h1-3,8-10H,4-5H2/t8-,9-,10+/m0/s1. The summed E-state index contributed by atoms with van der Waals surface area (Å²) in [4.78, 5) is 3.54. The third-order valence-electron chi connectivity index (χ3n) is 4.38. The highest BCUT2D eigenvalue weighted by Gasteiger charge is 2.66. The van der Waals surface area contributed by atoms with Crippen LogP contribution in [0.25, 0.3) is 0 Å². The Morgan fingerprint density at radius 3 is 2.56 bits per heavy atom. The highest BCUT2D eigenvalue weighted by Crippen LogP contribution is 2.49. The summed E-state index contributed by atoms with van der Waals surface area (Å²) < 4.78 is 92.8.